The molecule has 0 unspecified atom stereocenters. The zero-order valence-electron chi connectivity index (χ0n) is 12.4. The minimum absolute atomic E-state index is 0.188. The van der Waals surface area contributed by atoms with Crippen LogP contribution in [0.5, 0.6) is 0 Å². The Labute approximate surface area is 144 Å². The first kappa shape index (κ1) is 19.0. The van der Waals surface area contributed by atoms with E-state index < -0.39 is 44.3 Å². The van der Waals surface area contributed by atoms with Crippen LogP contribution in [-0.4, -0.2) is 14.4 Å². The lowest BCUT2D eigenvalue weighted by atomic mass is 10.1. The molecule has 0 aliphatic heterocycles. The fraction of sp³-hybridized carbons (Fsp3) is 0. The summed E-state index contributed by atoms with van der Waals surface area (Å²) in [4.78, 5) is 9.77. The number of halogens is 4. The number of carbonyl (C=O) groups is 1. The average molecular weight is 383 g/mol. The second kappa shape index (κ2) is 7.25. The van der Waals surface area contributed by atoms with Gasteiger partial charge in [0.05, 0.1) is 5.56 Å². The van der Waals surface area contributed by atoms with Crippen molar-refractivity contribution >= 4 is 16.1 Å². The third kappa shape index (κ3) is 3.82. The van der Waals surface area contributed by atoms with E-state index in [2.05, 4.69) is 16.0 Å². The molecule has 2 aromatic carbocycles. The maximum Gasteiger partial charge on any atom is 0.354 e. The summed E-state index contributed by atoms with van der Waals surface area (Å²) < 4.78 is 81.2. The van der Waals surface area contributed by atoms with Crippen LogP contribution >= 0.6 is 0 Å². The monoisotopic (exact) mass is 383 g/mol. The number of nitriles is 1. The molecule has 0 fully saturated rings. The second-order valence-corrected chi connectivity index (χ2v) is 6.04. The SMILES string of the molecule is N#CC#Cc1ccc(C(=O)OS(=O)(=O)c2c(F)c(F)cc(F)c2F)cc1. The molecule has 0 aliphatic carbocycles. The van der Waals surface area contributed by atoms with Crippen LogP contribution in [-0.2, 0) is 14.3 Å². The largest absolute Gasteiger partial charge is 0.354 e. The molecular weight excluding hydrogens is 378 g/mol. The van der Waals surface area contributed by atoms with Crippen LogP contribution in [0.4, 0.5) is 17.6 Å². The summed E-state index contributed by atoms with van der Waals surface area (Å²) in [5, 5.41) is 8.31. The Balaban J connectivity index is 2.36. The van der Waals surface area contributed by atoms with Gasteiger partial charge in [-0.2, -0.15) is 13.7 Å². The Morgan fingerprint density at radius 2 is 1.54 bits per heavy atom. The lowest BCUT2D eigenvalue weighted by Crippen LogP contribution is -2.17. The summed E-state index contributed by atoms with van der Waals surface area (Å²) in [7, 11) is -5.49. The Bertz CT molecular complexity index is 1070. The van der Waals surface area contributed by atoms with Gasteiger partial charge in [-0.1, -0.05) is 5.92 Å². The Morgan fingerprint density at radius 3 is 2.04 bits per heavy atom. The van der Waals surface area contributed by atoms with Gasteiger partial charge in [-0.25, -0.2) is 22.4 Å². The van der Waals surface area contributed by atoms with Crippen molar-refractivity contribution in [3.05, 3.63) is 64.7 Å². The van der Waals surface area contributed by atoms with Crippen molar-refractivity contribution in [3.8, 4) is 17.9 Å². The first-order chi connectivity index (χ1) is 12.2. The van der Waals surface area contributed by atoms with Crippen molar-refractivity contribution in [1.29, 1.82) is 5.26 Å². The molecule has 2 aromatic rings. The van der Waals surface area contributed by atoms with Crippen molar-refractivity contribution in [3.63, 3.8) is 0 Å². The third-order valence-corrected chi connectivity index (χ3v) is 4.12. The summed E-state index contributed by atoms with van der Waals surface area (Å²) in [6.45, 7) is 0. The highest BCUT2D eigenvalue weighted by atomic mass is 32.2. The molecule has 0 radical (unpaired) electrons. The number of hydrogen-bond donors (Lipinski definition) is 0. The summed E-state index contributed by atoms with van der Waals surface area (Å²) in [6, 6.07) is 6.00. The van der Waals surface area contributed by atoms with Crippen molar-refractivity contribution in [1.82, 2.24) is 0 Å². The van der Waals surface area contributed by atoms with Crippen LogP contribution in [0.25, 0.3) is 0 Å². The molecule has 0 spiro atoms. The molecule has 0 heterocycles. The van der Waals surface area contributed by atoms with E-state index in [-0.39, 0.29) is 11.6 Å². The zero-order chi connectivity index (χ0) is 19.5. The fourth-order valence-electron chi connectivity index (χ4n) is 1.75. The van der Waals surface area contributed by atoms with Crippen LogP contribution in [0, 0.1) is 46.4 Å². The van der Waals surface area contributed by atoms with Gasteiger partial charge in [-0.15, -0.1) is 0 Å². The van der Waals surface area contributed by atoms with Crippen molar-refractivity contribution in [2.45, 2.75) is 4.90 Å². The maximum atomic E-state index is 13.6. The molecular formula is C16H5F4NO4S. The van der Waals surface area contributed by atoms with E-state index in [1.165, 1.54) is 12.1 Å². The van der Waals surface area contributed by atoms with Gasteiger partial charge in [0, 0.05) is 17.6 Å². The van der Waals surface area contributed by atoms with Crippen molar-refractivity contribution in [2.75, 3.05) is 0 Å². The molecule has 5 nitrogen and oxygen atoms in total. The lowest BCUT2D eigenvalue weighted by molar-refractivity contribution is 0.0745. The van der Waals surface area contributed by atoms with Gasteiger partial charge < -0.3 is 4.18 Å². The highest BCUT2D eigenvalue weighted by Crippen LogP contribution is 2.26. The number of carbonyl (C=O) groups excluding carboxylic acids is 1. The summed E-state index contributed by atoms with van der Waals surface area (Å²) in [5.74, 6) is -5.46. The lowest BCUT2D eigenvalue weighted by Gasteiger charge is -2.08. The molecule has 10 heteroatoms. The number of rotatable bonds is 3. The molecule has 0 amide bonds. The van der Waals surface area contributed by atoms with Crippen LogP contribution < -0.4 is 0 Å². The van der Waals surface area contributed by atoms with Crippen molar-refractivity contribution < 1.29 is 35.0 Å². The molecule has 26 heavy (non-hydrogen) atoms. The molecule has 0 aromatic heterocycles. The normalized spacial score (nSPS) is 10.4. The molecule has 2 rings (SSSR count). The number of benzene rings is 2. The van der Waals surface area contributed by atoms with Gasteiger partial charge in [0.25, 0.3) is 0 Å². The van der Waals surface area contributed by atoms with Crippen LogP contribution in [0.15, 0.2) is 35.2 Å². The first-order valence-corrected chi connectivity index (χ1v) is 7.90. The first-order valence-electron chi connectivity index (χ1n) is 6.49. The molecule has 0 N–H and O–H groups in total. The Hall–Kier alpha value is -3.37. The Kier molecular flexibility index (Phi) is 5.29. The topological polar surface area (TPSA) is 84.2 Å². The van der Waals surface area contributed by atoms with Crippen LogP contribution in [0.1, 0.15) is 15.9 Å². The number of hydrogen-bond acceptors (Lipinski definition) is 5. The van der Waals surface area contributed by atoms with Gasteiger partial charge in [-0.3, -0.25) is 0 Å². The minimum atomic E-state index is -5.49. The summed E-state index contributed by atoms with van der Waals surface area (Å²) in [5.41, 5.74) is -0.0379. The predicted octanol–water partition coefficient (Wildman–Crippen LogP) is 2.66. The highest BCUT2D eigenvalue weighted by Gasteiger charge is 2.33. The predicted molar refractivity (Wildman–Crippen MR) is 77.8 cm³/mol. The van der Waals surface area contributed by atoms with E-state index in [0.717, 1.165) is 12.1 Å². The van der Waals surface area contributed by atoms with E-state index >= 15 is 0 Å². The van der Waals surface area contributed by atoms with Crippen molar-refractivity contribution in [2.24, 2.45) is 0 Å². The van der Waals surface area contributed by atoms with Gasteiger partial charge in [-0.05, 0) is 24.3 Å². The second-order valence-electron chi connectivity index (χ2n) is 4.56. The number of nitrogens with zero attached hydrogens (tertiary/aromatic N) is 1. The highest BCUT2D eigenvalue weighted by molar-refractivity contribution is 7.87. The summed E-state index contributed by atoms with van der Waals surface area (Å²) >= 11 is 0. The van der Waals surface area contributed by atoms with Gasteiger partial charge in [0.1, 0.15) is 0 Å². The summed E-state index contributed by atoms with van der Waals surface area (Å²) in [6.07, 6.45) is 0. The molecule has 0 saturated heterocycles. The van der Waals surface area contributed by atoms with E-state index in [1.807, 2.05) is 0 Å². The maximum absolute atomic E-state index is 13.6. The Morgan fingerprint density at radius 1 is 1.00 bits per heavy atom. The standard InChI is InChI=1S/C16H5F4NO4S/c17-11-8-12(18)14(20)15(13(11)19)26(23,24)25-16(22)10-5-3-9(4-6-10)2-1-7-21/h3-6,8H. The third-order valence-electron chi connectivity index (χ3n) is 2.89. The smallest absolute Gasteiger partial charge is 0.338 e. The molecule has 0 aliphatic rings. The van der Waals surface area contributed by atoms with Gasteiger partial charge in [0.2, 0.25) is 0 Å². The molecule has 0 bridgehead atoms. The molecule has 132 valence electrons. The van der Waals surface area contributed by atoms with Crippen LogP contribution in [0.2, 0.25) is 0 Å². The van der Waals surface area contributed by atoms with E-state index in [9.17, 15) is 30.8 Å². The van der Waals surface area contributed by atoms with E-state index in [0.29, 0.717) is 5.56 Å². The minimum Gasteiger partial charge on any atom is -0.338 e. The van der Waals surface area contributed by atoms with Gasteiger partial charge >= 0.3 is 16.1 Å². The van der Waals surface area contributed by atoms with E-state index in [1.54, 1.807) is 6.07 Å². The van der Waals surface area contributed by atoms with Crippen LogP contribution in [0.3, 0.4) is 0 Å². The zero-order valence-corrected chi connectivity index (χ0v) is 13.2. The molecule has 0 saturated carbocycles. The quantitative estimate of drug-likeness (QED) is 0.352. The van der Waals surface area contributed by atoms with E-state index in [4.69, 9.17) is 5.26 Å². The molecule has 0 atom stereocenters. The van der Waals surface area contributed by atoms with Gasteiger partial charge in [0.15, 0.2) is 34.2 Å². The fourth-order valence-corrected chi connectivity index (χ4v) is 2.76. The average Bonchev–Trinajstić information content (AvgIpc) is 2.58.